The highest BCUT2D eigenvalue weighted by atomic mass is 32.2. The molecule has 2 aromatic carbocycles. The van der Waals surface area contributed by atoms with Crippen LogP contribution in [-0.4, -0.2) is 34.4 Å². The van der Waals surface area contributed by atoms with Crippen molar-refractivity contribution in [2.75, 3.05) is 18.7 Å². The van der Waals surface area contributed by atoms with Gasteiger partial charge in [0, 0.05) is 47.3 Å². The van der Waals surface area contributed by atoms with Crippen molar-refractivity contribution >= 4 is 27.2 Å². The number of carbonyl (C=O) groups is 2. The van der Waals surface area contributed by atoms with Crippen LogP contribution < -0.4 is 10.1 Å². The quantitative estimate of drug-likeness (QED) is 0.615. The Hall–Kier alpha value is -3.96. The minimum Gasteiger partial charge on any atom is -0.497 e. The molecule has 0 radical (unpaired) electrons. The van der Waals surface area contributed by atoms with Crippen LogP contribution >= 0.6 is 0 Å². The zero-order chi connectivity index (χ0) is 23.1. The lowest BCUT2D eigenvalue weighted by Gasteiger charge is -2.06. The topological polar surface area (TPSA) is 97.7 Å². The van der Waals surface area contributed by atoms with Gasteiger partial charge in [-0.05, 0) is 54.6 Å². The predicted octanol–water partition coefficient (Wildman–Crippen LogP) is 3.75. The molecular formula is C24H21N3O4S. The number of carbonyl (C=O) groups excluding carboxylic acids is 2. The molecule has 0 aliphatic rings. The third-order valence-corrected chi connectivity index (χ3v) is 5.96. The van der Waals surface area contributed by atoms with Gasteiger partial charge in [-0.3, -0.25) is 14.6 Å². The number of ether oxygens (including phenoxy) is 1. The second-order valence-corrected chi connectivity index (χ2v) is 9.10. The maximum absolute atomic E-state index is 13.0. The van der Waals surface area contributed by atoms with Gasteiger partial charge in [-0.1, -0.05) is 11.8 Å². The zero-order valence-corrected chi connectivity index (χ0v) is 18.6. The first kappa shape index (κ1) is 22.7. The van der Waals surface area contributed by atoms with E-state index in [4.69, 9.17) is 4.74 Å². The number of anilines is 1. The molecule has 0 spiro atoms. The molecule has 1 heterocycles. The molecule has 3 rings (SSSR count). The van der Waals surface area contributed by atoms with Gasteiger partial charge in [0.15, 0.2) is 0 Å². The van der Waals surface area contributed by atoms with Crippen molar-refractivity contribution in [3.05, 3.63) is 83.7 Å². The normalized spacial score (nSPS) is 12.0. The highest BCUT2D eigenvalue weighted by molar-refractivity contribution is 7.93. The van der Waals surface area contributed by atoms with Crippen LogP contribution in [-0.2, 0) is 14.5 Å². The molecule has 0 saturated carbocycles. The van der Waals surface area contributed by atoms with E-state index < -0.39 is 15.6 Å². The maximum atomic E-state index is 13.0. The van der Waals surface area contributed by atoms with E-state index in [1.807, 2.05) is 24.3 Å². The lowest BCUT2D eigenvalue weighted by Crippen LogP contribution is -2.07. The molecule has 1 N–H and O–H groups in total. The van der Waals surface area contributed by atoms with E-state index in [2.05, 4.69) is 26.5 Å². The van der Waals surface area contributed by atoms with Crippen LogP contribution in [0, 0.1) is 11.8 Å². The summed E-state index contributed by atoms with van der Waals surface area (Å²) in [5.41, 5.74) is 2.07. The Balaban J connectivity index is 1.81. The van der Waals surface area contributed by atoms with Gasteiger partial charge in [0.1, 0.15) is 5.75 Å². The molecule has 8 heteroatoms. The molecular weight excluding hydrogens is 426 g/mol. The number of benzene rings is 2. The number of nitrogens with zero attached hydrogens (tertiary/aromatic N) is 2. The molecule has 0 fully saturated rings. The fourth-order valence-electron chi connectivity index (χ4n) is 2.70. The van der Waals surface area contributed by atoms with Gasteiger partial charge in [0.2, 0.25) is 5.91 Å². The molecule has 1 aromatic heterocycles. The Morgan fingerprint density at radius 3 is 2.28 bits per heavy atom. The number of rotatable bonds is 4. The van der Waals surface area contributed by atoms with E-state index in [9.17, 15) is 13.8 Å². The smallest absolute Gasteiger partial charge is 0.286 e. The van der Waals surface area contributed by atoms with Crippen LogP contribution in [0.3, 0.4) is 0 Å². The van der Waals surface area contributed by atoms with Gasteiger partial charge >= 0.3 is 0 Å². The Bertz CT molecular complexity index is 1330. The van der Waals surface area contributed by atoms with Gasteiger partial charge in [0.05, 0.1) is 22.4 Å². The molecule has 1 unspecified atom stereocenters. The van der Waals surface area contributed by atoms with Gasteiger partial charge in [0.25, 0.3) is 5.91 Å². The summed E-state index contributed by atoms with van der Waals surface area (Å²) in [5, 5.41) is 2.63. The fraction of sp³-hybridized carbons (Fsp3) is 0.125. The van der Waals surface area contributed by atoms with Crippen molar-refractivity contribution in [3.63, 3.8) is 0 Å². The van der Waals surface area contributed by atoms with Crippen LogP contribution in [0.1, 0.15) is 28.4 Å². The molecule has 162 valence electrons. The summed E-state index contributed by atoms with van der Waals surface area (Å²) >= 11 is 0. The first-order valence-electron chi connectivity index (χ1n) is 9.52. The predicted molar refractivity (Wildman–Crippen MR) is 123 cm³/mol. The van der Waals surface area contributed by atoms with Crippen LogP contribution in [0.5, 0.6) is 5.75 Å². The van der Waals surface area contributed by atoms with Gasteiger partial charge in [-0.15, -0.1) is 0 Å². The third-order valence-electron chi connectivity index (χ3n) is 4.30. The number of hydrogen-bond donors (Lipinski definition) is 1. The lowest BCUT2D eigenvalue weighted by molar-refractivity contribution is -0.114. The molecule has 3 aromatic rings. The van der Waals surface area contributed by atoms with E-state index in [1.54, 1.807) is 37.4 Å². The fourth-order valence-corrected chi connectivity index (χ4v) is 3.87. The van der Waals surface area contributed by atoms with Gasteiger partial charge < -0.3 is 10.1 Å². The Morgan fingerprint density at radius 1 is 1.00 bits per heavy atom. The van der Waals surface area contributed by atoms with Crippen molar-refractivity contribution in [1.29, 1.82) is 0 Å². The Kier molecular flexibility index (Phi) is 7.03. The standard InChI is InChI=1S/C24H21N3O4S/c1-17(28)26-21-8-12-23(13-9-21)32(3,30)27-24(29)20-14-19(15-25-16-20)5-4-18-6-10-22(31-2)11-7-18/h6-16H,1-3H3,(H,26,28). The Morgan fingerprint density at radius 2 is 1.66 bits per heavy atom. The summed E-state index contributed by atoms with van der Waals surface area (Å²) in [6, 6.07) is 15.2. The second kappa shape index (κ2) is 9.90. The van der Waals surface area contributed by atoms with Gasteiger partial charge in [-0.2, -0.15) is 4.36 Å². The molecule has 1 atom stereocenters. The molecule has 32 heavy (non-hydrogen) atoms. The van der Waals surface area contributed by atoms with Crippen molar-refractivity contribution in [3.8, 4) is 17.6 Å². The summed E-state index contributed by atoms with van der Waals surface area (Å²) in [6.07, 6.45) is 4.29. The monoisotopic (exact) mass is 447 g/mol. The highest BCUT2D eigenvalue weighted by Crippen LogP contribution is 2.17. The molecule has 0 bridgehead atoms. The number of amides is 2. The first-order chi connectivity index (χ1) is 15.3. The molecule has 0 aliphatic carbocycles. The number of hydrogen-bond acceptors (Lipinski definition) is 5. The second-order valence-electron chi connectivity index (χ2n) is 6.85. The number of pyridine rings is 1. The van der Waals surface area contributed by atoms with Crippen LogP contribution in [0.2, 0.25) is 0 Å². The number of aromatic nitrogens is 1. The first-order valence-corrected chi connectivity index (χ1v) is 11.4. The molecule has 0 aliphatic heterocycles. The van der Waals surface area contributed by atoms with E-state index in [0.717, 1.165) is 11.3 Å². The third kappa shape index (κ3) is 6.03. The van der Waals surface area contributed by atoms with E-state index in [1.165, 1.54) is 25.6 Å². The summed E-state index contributed by atoms with van der Waals surface area (Å²) < 4.78 is 22.1. The number of methoxy groups -OCH3 is 1. The maximum Gasteiger partial charge on any atom is 0.286 e. The summed E-state index contributed by atoms with van der Waals surface area (Å²) in [5.74, 6) is 5.83. The largest absolute Gasteiger partial charge is 0.497 e. The van der Waals surface area contributed by atoms with Crippen molar-refractivity contribution in [2.45, 2.75) is 11.8 Å². The molecule has 2 amide bonds. The van der Waals surface area contributed by atoms with Crippen LogP contribution in [0.4, 0.5) is 5.69 Å². The average molecular weight is 448 g/mol. The van der Waals surface area contributed by atoms with E-state index in [0.29, 0.717) is 16.1 Å². The SMILES string of the molecule is COc1ccc(C#Cc2cncc(C(=O)N=S(C)(=O)c3ccc(NC(C)=O)cc3)c2)cc1. The van der Waals surface area contributed by atoms with Crippen molar-refractivity contribution < 1.29 is 18.5 Å². The molecule has 7 nitrogen and oxygen atoms in total. The highest BCUT2D eigenvalue weighted by Gasteiger charge is 2.12. The summed E-state index contributed by atoms with van der Waals surface area (Å²) in [4.78, 5) is 28.2. The zero-order valence-electron chi connectivity index (χ0n) is 17.8. The van der Waals surface area contributed by atoms with Crippen LogP contribution in [0.15, 0.2) is 76.2 Å². The van der Waals surface area contributed by atoms with Crippen LogP contribution in [0.25, 0.3) is 0 Å². The van der Waals surface area contributed by atoms with E-state index >= 15 is 0 Å². The summed E-state index contributed by atoms with van der Waals surface area (Å²) in [6.45, 7) is 1.40. The lowest BCUT2D eigenvalue weighted by atomic mass is 10.1. The Labute approximate surface area is 187 Å². The minimum absolute atomic E-state index is 0.191. The minimum atomic E-state index is -2.99. The average Bonchev–Trinajstić information content (AvgIpc) is 2.78. The van der Waals surface area contributed by atoms with Gasteiger partial charge in [-0.25, -0.2) is 4.21 Å². The van der Waals surface area contributed by atoms with Crippen molar-refractivity contribution in [1.82, 2.24) is 4.98 Å². The molecule has 0 saturated heterocycles. The summed E-state index contributed by atoms with van der Waals surface area (Å²) in [7, 11) is -1.40. The van der Waals surface area contributed by atoms with Crippen molar-refractivity contribution in [2.24, 2.45) is 4.36 Å². The van der Waals surface area contributed by atoms with E-state index in [-0.39, 0.29) is 11.5 Å². The number of nitrogens with one attached hydrogen (secondary N) is 1.